The first-order valence-electron chi connectivity index (χ1n) is 15.8. The van der Waals surface area contributed by atoms with E-state index in [4.69, 9.17) is 25.8 Å². The summed E-state index contributed by atoms with van der Waals surface area (Å²) in [4.78, 5) is 29.0. The smallest absolute Gasteiger partial charge is 0.301 e. The number of carbonyl (C=O) groups is 2. The van der Waals surface area contributed by atoms with Gasteiger partial charge in [-0.1, -0.05) is 72.8 Å². The number of hydrogen-bond acceptors (Lipinski definition) is 10. The van der Waals surface area contributed by atoms with E-state index in [0.717, 1.165) is 23.3 Å². The van der Waals surface area contributed by atoms with Gasteiger partial charge in [-0.15, -0.1) is 10.2 Å². The zero-order valence-electron chi connectivity index (χ0n) is 27.1. The van der Waals surface area contributed by atoms with Crippen molar-refractivity contribution in [2.24, 2.45) is 5.92 Å². The summed E-state index contributed by atoms with van der Waals surface area (Å²) in [5.74, 6) is 0.867. The molecule has 250 valence electrons. The fraction of sp³-hybridized carbons (Fsp3) is 0.333. The Balaban J connectivity index is 1.41. The number of ketones is 1. The highest BCUT2D eigenvalue weighted by Crippen LogP contribution is 2.46. The van der Waals surface area contributed by atoms with Crippen molar-refractivity contribution < 1.29 is 28.9 Å². The molecule has 0 spiro atoms. The Morgan fingerprint density at radius 1 is 1.10 bits per heavy atom. The van der Waals surface area contributed by atoms with E-state index in [-0.39, 0.29) is 22.6 Å². The van der Waals surface area contributed by atoms with Gasteiger partial charge in [0.1, 0.15) is 17.6 Å². The minimum Gasteiger partial charge on any atom is -0.507 e. The van der Waals surface area contributed by atoms with E-state index in [9.17, 15) is 14.7 Å². The van der Waals surface area contributed by atoms with E-state index >= 15 is 0 Å². The lowest BCUT2D eigenvalue weighted by Crippen LogP contribution is -2.29. The van der Waals surface area contributed by atoms with Gasteiger partial charge < -0.3 is 19.3 Å². The Kier molecular flexibility index (Phi) is 10.3. The largest absolute Gasteiger partial charge is 0.507 e. The van der Waals surface area contributed by atoms with Gasteiger partial charge in [0.15, 0.2) is 15.8 Å². The molecule has 1 amide bonds. The normalized spacial score (nSPS) is 18.3. The maximum atomic E-state index is 13.9. The molecule has 0 bridgehead atoms. The minimum atomic E-state index is -1.01. The van der Waals surface area contributed by atoms with Crippen molar-refractivity contribution in [3.05, 3.63) is 93.5 Å². The molecule has 2 aliphatic heterocycles. The molecule has 4 aromatic rings. The van der Waals surface area contributed by atoms with E-state index in [1.165, 1.54) is 28.0 Å². The maximum absolute atomic E-state index is 13.9. The van der Waals surface area contributed by atoms with Crippen LogP contribution in [0.4, 0.5) is 5.13 Å². The molecule has 0 saturated carbocycles. The van der Waals surface area contributed by atoms with Crippen LogP contribution < -0.4 is 19.1 Å². The van der Waals surface area contributed by atoms with Gasteiger partial charge in [0.2, 0.25) is 5.13 Å². The molecule has 1 N–H and O–H groups in total. The maximum Gasteiger partial charge on any atom is 0.301 e. The van der Waals surface area contributed by atoms with Crippen molar-refractivity contribution in [2.75, 3.05) is 18.1 Å². The first-order valence-corrected chi connectivity index (χ1v) is 18.0. The third-order valence-corrected chi connectivity index (χ3v) is 10.5. The summed E-state index contributed by atoms with van der Waals surface area (Å²) in [5, 5.41) is 21.3. The summed E-state index contributed by atoms with van der Waals surface area (Å²) < 4.78 is 18.5. The second-order valence-corrected chi connectivity index (χ2v) is 14.6. The van der Waals surface area contributed by atoms with Crippen LogP contribution in [0.15, 0.2) is 70.6 Å². The summed E-state index contributed by atoms with van der Waals surface area (Å²) in [6.07, 6.45) is 1.54. The van der Waals surface area contributed by atoms with E-state index in [1.54, 1.807) is 30.3 Å². The topological polar surface area (TPSA) is 111 Å². The van der Waals surface area contributed by atoms with Crippen molar-refractivity contribution in [3.63, 3.8) is 0 Å². The number of ether oxygens (including phenoxy) is 3. The molecule has 0 radical (unpaired) electrons. The summed E-state index contributed by atoms with van der Waals surface area (Å²) >= 11 is 8.97. The lowest BCUT2D eigenvalue weighted by molar-refractivity contribution is -0.132. The molecule has 3 aromatic carbocycles. The monoisotopic (exact) mass is 705 g/mol. The Bertz CT molecular complexity index is 1880. The molecule has 9 nitrogen and oxygen atoms in total. The number of aliphatic hydroxyl groups excluding tert-OH is 1. The lowest BCUT2D eigenvalue weighted by Gasteiger charge is -2.24. The first kappa shape index (κ1) is 33.8. The van der Waals surface area contributed by atoms with Crippen molar-refractivity contribution in [1.29, 1.82) is 0 Å². The fourth-order valence-corrected chi connectivity index (χ4v) is 7.82. The molecular weight excluding hydrogens is 670 g/mol. The van der Waals surface area contributed by atoms with E-state index in [0.29, 0.717) is 63.3 Å². The highest BCUT2D eigenvalue weighted by Gasteiger charge is 2.48. The number of aliphatic hydroxyl groups is 1. The number of halogens is 1. The summed E-state index contributed by atoms with van der Waals surface area (Å²) in [7, 11) is 0. The van der Waals surface area contributed by atoms with Crippen LogP contribution in [-0.4, -0.2) is 46.3 Å². The predicted molar refractivity (Wildman–Crippen MR) is 189 cm³/mol. The number of Topliss-reactive ketones (excluding diaryl/α,β-unsaturated/α-hetero) is 1. The third kappa shape index (κ3) is 7.04. The molecule has 2 aliphatic rings. The van der Waals surface area contributed by atoms with Gasteiger partial charge in [-0.3, -0.25) is 14.5 Å². The van der Waals surface area contributed by atoms with Crippen LogP contribution in [0, 0.1) is 5.92 Å². The van der Waals surface area contributed by atoms with Crippen molar-refractivity contribution in [1.82, 2.24) is 10.2 Å². The molecule has 3 heterocycles. The Labute approximate surface area is 292 Å². The number of rotatable bonds is 12. The van der Waals surface area contributed by atoms with Gasteiger partial charge in [0.25, 0.3) is 5.78 Å². The molecule has 1 fully saturated rings. The molecular formula is C36H36ClN3O6S2. The summed E-state index contributed by atoms with van der Waals surface area (Å²) in [6.45, 7) is 8.99. The van der Waals surface area contributed by atoms with Gasteiger partial charge in [0.05, 0.1) is 24.8 Å². The summed E-state index contributed by atoms with van der Waals surface area (Å²) in [6, 6.07) is 17.2. The molecule has 48 heavy (non-hydrogen) atoms. The first-order chi connectivity index (χ1) is 23.1. The minimum absolute atomic E-state index is 0.00335. The van der Waals surface area contributed by atoms with Crippen LogP contribution in [0.2, 0.25) is 5.02 Å². The number of amides is 1. The highest BCUT2D eigenvalue weighted by molar-refractivity contribution is 8.00. The molecule has 0 aliphatic carbocycles. The third-order valence-electron chi connectivity index (χ3n) is 8.06. The van der Waals surface area contributed by atoms with Crippen molar-refractivity contribution >= 4 is 57.3 Å². The van der Waals surface area contributed by atoms with Crippen LogP contribution in [0.1, 0.15) is 62.4 Å². The van der Waals surface area contributed by atoms with Gasteiger partial charge in [-0.25, -0.2) is 0 Å². The Hall–Kier alpha value is -4.06. The van der Waals surface area contributed by atoms with E-state index < -0.39 is 17.7 Å². The highest BCUT2D eigenvalue weighted by atomic mass is 35.5. The number of thioether (sulfide) groups is 1. The Morgan fingerprint density at radius 3 is 2.69 bits per heavy atom. The van der Waals surface area contributed by atoms with Crippen LogP contribution in [0.3, 0.4) is 0 Å². The van der Waals surface area contributed by atoms with Crippen molar-refractivity contribution in [3.8, 4) is 17.2 Å². The molecule has 12 heteroatoms. The number of benzene rings is 3. The van der Waals surface area contributed by atoms with Gasteiger partial charge in [0, 0.05) is 22.8 Å². The standard InChI is InChI=1S/C36H36ClN3O6S2/c1-5-44-29-18-22(10-13-28(29)45-15-14-20(2)3)31-30(32(41)23-11-12-27-25(17-23)16-21(4)46-27)33(42)34(43)40(31)35-38-39-36(48-35)47-19-24-8-6-7-9-26(24)37/h6-13,17-18,20-21,31,41H,5,14-16,19H2,1-4H3/t21-,31-/m0/s1. The van der Waals surface area contributed by atoms with Crippen molar-refractivity contribution in [2.45, 2.75) is 62.8 Å². The average molecular weight is 706 g/mol. The molecule has 6 rings (SSSR count). The van der Waals surface area contributed by atoms with E-state index in [1.807, 2.05) is 44.2 Å². The molecule has 2 atom stereocenters. The zero-order chi connectivity index (χ0) is 33.9. The molecule has 0 unspecified atom stereocenters. The number of carbonyl (C=O) groups excluding carboxylic acids is 2. The quantitative estimate of drug-likeness (QED) is 0.0512. The zero-order valence-corrected chi connectivity index (χ0v) is 29.5. The fourth-order valence-electron chi connectivity index (χ4n) is 5.67. The second-order valence-electron chi connectivity index (χ2n) is 12.0. The van der Waals surface area contributed by atoms with E-state index in [2.05, 4.69) is 24.0 Å². The number of aromatic nitrogens is 2. The van der Waals surface area contributed by atoms with Crippen LogP contribution in [0.5, 0.6) is 17.2 Å². The van der Waals surface area contributed by atoms with Crippen LogP contribution in [0.25, 0.3) is 5.76 Å². The Morgan fingerprint density at radius 2 is 1.92 bits per heavy atom. The number of nitrogens with zero attached hydrogens (tertiary/aromatic N) is 3. The van der Waals surface area contributed by atoms with Gasteiger partial charge >= 0.3 is 5.91 Å². The predicted octanol–water partition coefficient (Wildman–Crippen LogP) is 8.26. The average Bonchev–Trinajstić information content (AvgIpc) is 3.75. The van der Waals surface area contributed by atoms with Crippen LogP contribution in [-0.2, 0) is 21.8 Å². The molecule has 1 aromatic heterocycles. The SMILES string of the molecule is CCOc1cc([C@H]2C(=C(O)c3ccc4c(c3)C[C@H](C)O4)C(=O)C(=O)N2c2nnc(SCc3ccccc3Cl)s2)ccc1OCCC(C)C. The van der Waals surface area contributed by atoms with Gasteiger partial charge in [-0.2, -0.15) is 0 Å². The number of anilines is 1. The summed E-state index contributed by atoms with van der Waals surface area (Å²) in [5.41, 5.74) is 2.77. The lowest BCUT2D eigenvalue weighted by atomic mass is 9.94. The number of hydrogen-bond donors (Lipinski definition) is 1. The molecule has 1 saturated heterocycles. The second kappa shape index (κ2) is 14.6. The van der Waals surface area contributed by atoms with Gasteiger partial charge in [-0.05, 0) is 79.3 Å². The van der Waals surface area contributed by atoms with Crippen LogP contribution >= 0.6 is 34.7 Å². The number of fused-ring (bicyclic) bond motifs is 1.